The van der Waals surface area contributed by atoms with Gasteiger partial charge in [0.05, 0.1) is 0 Å². The first kappa shape index (κ1) is 16.9. The molecule has 0 amide bonds. The maximum absolute atomic E-state index is 12.9. The highest BCUT2D eigenvalue weighted by Crippen LogP contribution is 2.51. The summed E-state index contributed by atoms with van der Waals surface area (Å²) in [5.41, 5.74) is 0. The predicted molar refractivity (Wildman–Crippen MR) is 43.4 cm³/mol. The Kier molecular flexibility index (Phi) is 4.29. The van der Waals surface area contributed by atoms with Crippen LogP contribution < -0.4 is 0 Å². The van der Waals surface area contributed by atoms with E-state index in [-0.39, 0.29) is 0 Å². The Hall–Kier alpha value is -1.06. The Bertz CT molecular complexity index is 327. The zero-order valence-electron chi connectivity index (χ0n) is 8.86. The molecule has 0 fully saturated rings. The molecule has 0 aliphatic rings. The molecule has 10 heteroatoms. The molecule has 0 aromatic carbocycles. The van der Waals surface area contributed by atoms with Crippen LogP contribution in [0, 0.1) is 0 Å². The number of hydrogen-bond acceptors (Lipinski definition) is 2. The molecule has 1 unspecified atom stereocenters. The van der Waals surface area contributed by atoms with Gasteiger partial charge in [-0.25, -0.2) is 4.79 Å². The van der Waals surface area contributed by atoms with Gasteiger partial charge in [0.15, 0.2) is 0 Å². The van der Waals surface area contributed by atoms with Crippen molar-refractivity contribution in [1.29, 1.82) is 0 Å². The lowest BCUT2D eigenvalue weighted by Crippen LogP contribution is -2.66. The molecule has 108 valence electrons. The lowest BCUT2D eigenvalue weighted by Gasteiger charge is -2.36. The first-order chi connectivity index (χ1) is 7.75. The summed E-state index contributed by atoms with van der Waals surface area (Å²) in [5.74, 6) is -27.4. The third-order valence-electron chi connectivity index (χ3n) is 2.12. The molecule has 0 aromatic heterocycles. The molecule has 0 radical (unpaired) electrons. The summed E-state index contributed by atoms with van der Waals surface area (Å²) in [6, 6.07) is 0. The van der Waals surface area contributed by atoms with E-state index >= 15 is 0 Å². The average Bonchev–Trinajstić information content (AvgIpc) is 2.16. The molecule has 0 bridgehead atoms. The first-order valence-electron chi connectivity index (χ1n) is 4.53. The number of halogens is 7. The number of alkyl halides is 7. The highest BCUT2D eigenvalue weighted by molar-refractivity contribution is 5.77. The summed E-state index contributed by atoms with van der Waals surface area (Å²) in [5, 5.41) is 16.1. The van der Waals surface area contributed by atoms with Crippen LogP contribution in [0.15, 0.2) is 0 Å². The van der Waals surface area contributed by atoms with Gasteiger partial charge in [0.25, 0.3) is 0 Å². The van der Waals surface area contributed by atoms with E-state index in [2.05, 4.69) is 0 Å². The average molecular weight is 286 g/mol. The van der Waals surface area contributed by atoms with Crippen LogP contribution in [0.25, 0.3) is 0 Å². The van der Waals surface area contributed by atoms with Gasteiger partial charge in [0, 0.05) is 6.42 Å². The van der Waals surface area contributed by atoms with E-state index in [1.807, 2.05) is 0 Å². The molecule has 0 aliphatic heterocycles. The summed E-state index contributed by atoms with van der Waals surface area (Å²) in [7, 11) is 0. The van der Waals surface area contributed by atoms with Crippen molar-refractivity contribution in [2.45, 2.75) is 43.4 Å². The third-order valence-corrected chi connectivity index (χ3v) is 2.12. The van der Waals surface area contributed by atoms with Crippen molar-refractivity contribution in [2.75, 3.05) is 0 Å². The highest BCUT2D eigenvalue weighted by Gasteiger charge is 2.81. The summed E-state index contributed by atoms with van der Waals surface area (Å²) >= 11 is 0. The lowest BCUT2D eigenvalue weighted by molar-refractivity contribution is -0.386. The van der Waals surface area contributed by atoms with Crippen molar-refractivity contribution < 1.29 is 45.7 Å². The zero-order chi connectivity index (χ0) is 15.0. The molecule has 0 spiro atoms. The standard InChI is InChI=1S/C8H9F7O3/c1-2-3-5(9,10)7(13,14)8(15,18)6(11,12)4(16)17/h18H,2-3H2,1H3,(H,16,17). The van der Waals surface area contributed by atoms with Crippen molar-refractivity contribution >= 4 is 5.97 Å². The molecule has 18 heavy (non-hydrogen) atoms. The molecule has 3 nitrogen and oxygen atoms in total. The van der Waals surface area contributed by atoms with Crippen LogP contribution in [-0.4, -0.2) is 39.8 Å². The summed E-state index contributed by atoms with van der Waals surface area (Å²) in [6.07, 6.45) is -2.33. The van der Waals surface area contributed by atoms with Crippen LogP contribution in [-0.2, 0) is 4.79 Å². The van der Waals surface area contributed by atoms with Crippen LogP contribution in [0.2, 0.25) is 0 Å². The normalized spacial score (nSPS) is 17.4. The maximum Gasteiger partial charge on any atom is 0.406 e. The molecular formula is C8H9F7O3. The van der Waals surface area contributed by atoms with E-state index in [0.29, 0.717) is 0 Å². The SMILES string of the molecule is CCCC(F)(F)C(F)(F)C(O)(F)C(F)(F)C(=O)O. The second-order valence-electron chi connectivity index (χ2n) is 3.53. The largest absolute Gasteiger partial charge is 0.477 e. The molecule has 0 rings (SSSR count). The van der Waals surface area contributed by atoms with Crippen molar-refractivity contribution in [1.82, 2.24) is 0 Å². The smallest absolute Gasteiger partial charge is 0.406 e. The number of rotatable bonds is 6. The maximum atomic E-state index is 12.9. The molecular weight excluding hydrogens is 277 g/mol. The second-order valence-corrected chi connectivity index (χ2v) is 3.53. The van der Waals surface area contributed by atoms with Crippen LogP contribution in [0.1, 0.15) is 19.8 Å². The quantitative estimate of drug-likeness (QED) is 0.737. The fraction of sp³-hybridized carbons (Fsp3) is 0.875. The summed E-state index contributed by atoms with van der Waals surface area (Å²) in [6.45, 7) is 0.983. The van der Waals surface area contributed by atoms with Gasteiger partial charge < -0.3 is 10.2 Å². The van der Waals surface area contributed by atoms with Gasteiger partial charge in [-0.3, -0.25) is 0 Å². The molecule has 1 atom stereocenters. The van der Waals surface area contributed by atoms with E-state index in [0.717, 1.165) is 6.92 Å². The Labute approximate surface area is 96.2 Å². The lowest BCUT2D eigenvalue weighted by atomic mass is 9.94. The van der Waals surface area contributed by atoms with Gasteiger partial charge in [-0.2, -0.15) is 30.7 Å². The van der Waals surface area contributed by atoms with Crippen LogP contribution >= 0.6 is 0 Å². The van der Waals surface area contributed by atoms with Crippen molar-refractivity contribution in [2.24, 2.45) is 0 Å². The molecule has 0 saturated carbocycles. The monoisotopic (exact) mass is 286 g/mol. The van der Waals surface area contributed by atoms with Crippen molar-refractivity contribution in [3.63, 3.8) is 0 Å². The van der Waals surface area contributed by atoms with Gasteiger partial charge in [0.1, 0.15) is 0 Å². The fourth-order valence-electron chi connectivity index (χ4n) is 1.05. The van der Waals surface area contributed by atoms with Crippen molar-refractivity contribution in [3.8, 4) is 0 Å². The van der Waals surface area contributed by atoms with E-state index in [1.165, 1.54) is 0 Å². The highest BCUT2D eigenvalue weighted by atomic mass is 19.3. The Morgan fingerprint density at radius 3 is 1.72 bits per heavy atom. The number of carbonyl (C=O) groups is 1. The second kappa shape index (κ2) is 4.56. The third kappa shape index (κ3) is 2.25. The molecule has 0 heterocycles. The predicted octanol–water partition coefficient (Wildman–Crippen LogP) is 2.44. The Morgan fingerprint density at radius 2 is 1.44 bits per heavy atom. The van der Waals surface area contributed by atoms with Gasteiger partial charge in [-0.05, 0) is 0 Å². The number of aliphatic hydroxyl groups is 1. The molecule has 2 N–H and O–H groups in total. The zero-order valence-corrected chi connectivity index (χ0v) is 8.86. The first-order valence-corrected chi connectivity index (χ1v) is 4.53. The van der Waals surface area contributed by atoms with Crippen LogP contribution in [0.4, 0.5) is 30.7 Å². The molecule has 0 aromatic rings. The van der Waals surface area contributed by atoms with E-state index in [4.69, 9.17) is 10.2 Å². The topological polar surface area (TPSA) is 57.5 Å². The van der Waals surface area contributed by atoms with Crippen molar-refractivity contribution in [3.05, 3.63) is 0 Å². The van der Waals surface area contributed by atoms with E-state index < -0.39 is 42.4 Å². The van der Waals surface area contributed by atoms with Gasteiger partial charge in [-0.1, -0.05) is 13.3 Å². The summed E-state index contributed by atoms with van der Waals surface area (Å²) in [4.78, 5) is 9.87. The number of aliphatic carboxylic acids is 1. The number of carboxylic acid groups (broad SMARTS) is 1. The van der Waals surface area contributed by atoms with Gasteiger partial charge >= 0.3 is 29.6 Å². The molecule has 0 aliphatic carbocycles. The van der Waals surface area contributed by atoms with E-state index in [9.17, 15) is 35.5 Å². The minimum absolute atomic E-state index is 0.628. The van der Waals surface area contributed by atoms with Crippen LogP contribution in [0.3, 0.4) is 0 Å². The minimum atomic E-state index is -6.27. The van der Waals surface area contributed by atoms with E-state index in [1.54, 1.807) is 0 Å². The summed E-state index contributed by atoms with van der Waals surface area (Å²) < 4.78 is 89.5. The number of carboxylic acids is 1. The number of hydrogen-bond donors (Lipinski definition) is 2. The Balaban J connectivity index is 5.65. The Morgan fingerprint density at radius 1 is 1.06 bits per heavy atom. The fourth-order valence-corrected chi connectivity index (χ4v) is 1.05. The molecule has 0 saturated heterocycles. The minimum Gasteiger partial charge on any atom is -0.477 e. The van der Waals surface area contributed by atoms with Gasteiger partial charge in [0.2, 0.25) is 0 Å². The van der Waals surface area contributed by atoms with Crippen LogP contribution in [0.5, 0.6) is 0 Å². The van der Waals surface area contributed by atoms with Gasteiger partial charge in [-0.15, -0.1) is 0 Å².